The molecule has 2 aromatic heterocycles. The summed E-state index contributed by atoms with van der Waals surface area (Å²) in [7, 11) is -2.01. The summed E-state index contributed by atoms with van der Waals surface area (Å²) in [5.41, 5.74) is 5.99. The van der Waals surface area contributed by atoms with Crippen molar-refractivity contribution in [2.75, 3.05) is 38.2 Å². The number of benzene rings is 2. The monoisotopic (exact) mass is 491 g/mol. The number of methoxy groups -OCH3 is 1. The van der Waals surface area contributed by atoms with Crippen LogP contribution in [0.15, 0.2) is 59.6 Å². The second-order valence-electron chi connectivity index (χ2n) is 8.90. The highest BCUT2D eigenvalue weighted by Crippen LogP contribution is 2.30. The molecule has 2 aromatic carbocycles. The second kappa shape index (κ2) is 8.98. The smallest absolute Gasteiger partial charge is 0.243 e. The molecule has 5 rings (SSSR count). The number of rotatable bonds is 5. The van der Waals surface area contributed by atoms with Gasteiger partial charge >= 0.3 is 0 Å². The van der Waals surface area contributed by atoms with Crippen LogP contribution in [0.1, 0.15) is 17.0 Å². The first-order valence-electron chi connectivity index (χ1n) is 11.6. The maximum absolute atomic E-state index is 13.7. The summed E-state index contributed by atoms with van der Waals surface area (Å²) in [4.78, 5) is 7.18. The molecule has 9 heteroatoms. The van der Waals surface area contributed by atoms with E-state index in [0.717, 1.165) is 45.2 Å². The van der Waals surface area contributed by atoms with E-state index in [4.69, 9.17) is 4.74 Å². The van der Waals surface area contributed by atoms with Crippen LogP contribution in [0.4, 0.5) is 5.69 Å². The molecule has 4 aromatic rings. The summed E-state index contributed by atoms with van der Waals surface area (Å²) in [6.45, 7) is 7.87. The quantitative estimate of drug-likeness (QED) is 0.422. The number of sulfonamides is 1. The summed E-state index contributed by atoms with van der Waals surface area (Å²) < 4.78 is 36.0. The van der Waals surface area contributed by atoms with Gasteiger partial charge in [0.15, 0.2) is 5.65 Å². The Hall–Kier alpha value is -3.43. The summed E-state index contributed by atoms with van der Waals surface area (Å²) in [5, 5.41) is 4.47. The van der Waals surface area contributed by atoms with Gasteiger partial charge in [0.2, 0.25) is 10.0 Å². The molecule has 0 radical (unpaired) electrons. The lowest BCUT2D eigenvalue weighted by atomic mass is 10.1. The van der Waals surface area contributed by atoms with Crippen LogP contribution in [0.25, 0.3) is 16.8 Å². The van der Waals surface area contributed by atoms with E-state index in [9.17, 15) is 8.42 Å². The van der Waals surface area contributed by atoms with Gasteiger partial charge in [0.1, 0.15) is 5.75 Å². The molecule has 0 saturated carbocycles. The van der Waals surface area contributed by atoms with Gasteiger partial charge < -0.3 is 9.64 Å². The topological polar surface area (TPSA) is 80.0 Å². The minimum Gasteiger partial charge on any atom is -0.497 e. The minimum atomic E-state index is -3.65. The van der Waals surface area contributed by atoms with E-state index in [0.29, 0.717) is 31.1 Å². The second-order valence-corrected chi connectivity index (χ2v) is 10.8. The SMILES string of the molecule is COc1ccc(N2CCN(S(=O)(=O)c3cc(-c4cnn5c(C)cc(C)nc45)ccc3C)CC2)cc1. The molecule has 1 aliphatic heterocycles. The third-order valence-electron chi connectivity index (χ3n) is 6.57. The molecule has 0 spiro atoms. The summed E-state index contributed by atoms with van der Waals surface area (Å²) in [6, 6.07) is 15.4. The fourth-order valence-electron chi connectivity index (χ4n) is 4.64. The Morgan fingerprint density at radius 3 is 2.31 bits per heavy atom. The van der Waals surface area contributed by atoms with Crippen LogP contribution in [-0.4, -0.2) is 60.6 Å². The predicted octanol–water partition coefficient (Wildman–Crippen LogP) is 3.84. The van der Waals surface area contributed by atoms with E-state index in [-0.39, 0.29) is 0 Å². The van der Waals surface area contributed by atoms with Gasteiger partial charge in [-0.05, 0) is 68.3 Å². The van der Waals surface area contributed by atoms with Crippen LogP contribution in [0, 0.1) is 20.8 Å². The van der Waals surface area contributed by atoms with Crippen LogP contribution in [0.3, 0.4) is 0 Å². The van der Waals surface area contributed by atoms with E-state index >= 15 is 0 Å². The van der Waals surface area contributed by atoms with E-state index in [1.54, 1.807) is 28.2 Å². The molecule has 0 N–H and O–H groups in total. The van der Waals surface area contributed by atoms with Crippen LogP contribution in [0.2, 0.25) is 0 Å². The molecular formula is C26H29N5O3S. The van der Waals surface area contributed by atoms with Gasteiger partial charge in [-0.3, -0.25) is 0 Å². The number of anilines is 1. The first-order valence-corrected chi connectivity index (χ1v) is 13.0. The largest absolute Gasteiger partial charge is 0.497 e. The zero-order valence-corrected chi connectivity index (χ0v) is 21.2. The molecule has 0 atom stereocenters. The zero-order chi connectivity index (χ0) is 24.7. The number of nitrogens with zero attached hydrogens (tertiary/aromatic N) is 5. The molecule has 0 bridgehead atoms. The standard InChI is InChI=1S/C26H29N5O3S/c1-18-5-6-21(24-17-27-31-20(3)15-19(2)28-26(24)31)16-25(18)35(32,33)30-13-11-29(12-14-30)22-7-9-23(34-4)10-8-22/h5-10,15-17H,11-14H2,1-4H3. The molecule has 1 aliphatic rings. The van der Waals surface area contributed by atoms with Crippen molar-refractivity contribution >= 4 is 21.4 Å². The average molecular weight is 492 g/mol. The molecule has 0 amide bonds. The lowest BCUT2D eigenvalue weighted by Crippen LogP contribution is -2.48. The zero-order valence-electron chi connectivity index (χ0n) is 20.4. The Bertz CT molecular complexity index is 1490. The Labute approximate surface area is 205 Å². The Balaban J connectivity index is 1.42. The van der Waals surface area contributed by atoms with Crippen LogP contribution >= 0.6 is 0 Å². The van der Waals surface area contributed by atoms with E-state index in [1.807, 2.05) is 63.2 Å². The van der Waals surface area contributed by atoms with Gasteiger partial charge in [-0.25, -0.2) is 17.9 Å². The Morgan fingerprint density at radius 1 is 0.914 bits per heavy atom. The molecule has 1 saturated heterocycles. The van der Waals surface area contributed by atoms with Gasteiger partial charge in [0.25, 0.3) is 0 Å². The third-order valence-corrected chi connectivity index (χ3v) is 8.61. The highest BCUT2D eigenvalue weighted by Gasteiger charge is 2.30. The van der Waals surface area contributed by atoms with Crippen molar-refractivity contribution in [1.29, 1.82) is 0 Å². The van der Waals surface area contributed by atoms with Crippen molar-refractivity contribution in [2.24, 2.45) is 0 Å². The fraction of sp³-hybridized carbons (Fsp3) is 0.308. The van der Waals surface area contributed by atoms with Crippen LogP contribution < -0.4 is 9.64 Å². The highest BCUT2D eigenvalue weighted by molar-refractivity contribution is 7.89. The maximum Gasteiger partial charge on any atom is 0.243 e. The number of aryl methyl sites for hydroxylation is 3. The number of fused-ring (bicyclic) bond motifs is 1. The van der Waals surface area contributed by atoms with Gasteiger partial charge in [-0.15, -0.1) is 0 Å². The molecule has 8 nitrogen and oxygen atoms in total. The van der Waals surface area contributed by atoms with Gasteiger partial charge in [-0.1, -0.05) is 12.1 Å². The van der Waals surface area contributed by atoms with Crippen LogP contribution in [-0.2, 0) is 10.0 Å². The molecule has 35 heavy (non-hydrogen) atoms. The van der Waals surface area contributed by atoms with E-state index in [2.05, 4.69) is 15.0 Å². The fourth-order valence-corrected chi connectivity index (χ4v) is 6.31. The highest BCUT2D eigenvalue weighted by atomic mass is 32.2. The molecule has 0 unspecified atom stereocenters. The number of ether oxygens (including phenoxy) is 1. The Morgan fingerprint density at radius 2 is 1.63 bits per heavy atom. The van der Waals surface area contributed by atoms with Gasteiger partial charge in [0.05, 0.1) is 18.2 Å². The van der Waals surface area contributed by atoms with Crippen molar-refractivity contribution < 1.29 is 13.2 Å². The molecule has 0 aliphatic carbocycles. The van der Waals surface area contributed by atoms with Crippen molar-refractivity contribution in [1.82, 2.24) is 18.9 Å². The summed E-state index contributed by atoms with van der Waals surface area (Å²) in [5.74, 6) is 0.803. The Kier molecular flexibility index (Phi) is 5.98. The van der Waals surface area contributed by atoms with Crippen molar-refractivity contribution in [3.05, 3.63) is 71.7 Å². The van der Waals surface area contributed by atoms with Crippen molar-refractivity contribution in [2.45, 2.75) is 25.7 Å². The van der Waals surface area contributed by atoms with E-state index in [1.165, 1.54) is 0 Å². The minimum absolute atomic E-state index is 0.330. The first kappa shape index (κ1) is 23.3. The summed E-state index contributed by atoms with van der Waals surface area (Å²) in [6.07, 6.45) is 1.75. The van der Waals surface area contributed by atoms with Gasteiger partial charge in [0, 0.05) is 48.8 Å². The molecule has 3 heterocycles. The number of hydrogen-bond acceptors (Lipinski definition) is 6. The average Bonchev–Trinajstić information content (AvgIpc) is 3.28. The number of piperazine rings is 1. The van der Waals surface area contributed by atoms with Crippen molar-refractivity contribution in [3.63, 3.8) is 0 Å². The molecule has 182 valence electrons. The normalized spacial score (nSPS) is 15.0. The third kappa shape index (κ3) is 4.26. The molecular weight excluding hydrogens is 462 g/mol. The lowest BCUT2D eigenvalue weighted by molar-refractivity contribution is 0.384. The first-order chi connectivity index (χ1) is 16.8. The number of aromatic nitrogens is 3. The van der Waals surface area contributed by atoms with Gasteiger partial charge in [-0.2, -0.15) is 9.40 Å². The lowest BCUT2D eigenvalue weighted by Gasteiger charge is -2.35. The van der Waals surface area contributed by atoms with Crippen molar-refractivity contribution in [3.8, 4) is 16.9 Å². The van der Waals surface area contributed by atoms with E-state index < -0.39 is 10.0 Å². The summed E-state index contributed by atoms with van der Waals surface area (Å²) >= 11 is 0. The molecule has 1 fully saturated rings. The van der Waals surface area contributed by atoms with Crippen LogP contribution in [0.5, 0.6) is 5.75 Å². The number of hydrogen-bond donors (Lipinski definition) is 0. The predicted molar refractivity (Wildman–Crippen MR) is 137 cm³/mol. The maximum atomic E-state index is 13.7.